The lowest BCUT2D eigenvalue weighted by molar-refractivity contribution is 0.0981. The fourth-order valence-corrected chi connectivity index (χ4v) is 5.59. The Bertz CT molecular complexity index is 1580. The predicted octanol–water partition coefficient (Wildman–Crippen LogP) is 3.35. The summed E-state index contributed by atoms with van der Waals surface area (Å²) in [5.74, 6) is -0.214. The normalized spacial score (nSPS) is 17.4. The van der Waals surface area contributed by atoms with Crippen molar-refractivity contribution in [3.63, 3.8) is 0 Å². The van der Waals surface area contributed by atoms with Crippen LogP contribution in [-0.4, -0.2) is 46.3 Å². The molecule has 1 aliphatic rings. The minimum atomic E-state index is -4.25. The van der Waals surface area contributed by atoms with Gasteiger partial charge in [-0.1, -0.05) is 6.92 Å². The number of carbonyl (C=O) groups excluding carboxylic acids is 1. The Kier molecular flexibility index (Phi) is 5.67. The number of anilines is 2. The molecule has 10 nitrogen and oxygen atoms in total. The second-order valence-corrected chi connectivity index (χ2v) is 11.2. The van der Waals surface area contributed by atoms with E-state index in [9.17, 15) is 13.2 Å². The molecule has 1 fully saturated rings. The molecule has 0 saturated carbocycles. The maximum absolute atomic E-state index is 13.4. The summed E-state index contributed by atoms with van der Waals surface area (Å²) in [6.07, 6.45) is 5.84. The van der Waals surface area contributed by atoms with E-state index in [4.69, 9.17) is 10.7 Å². The van der Waals surface area contributed by atoms with E-state index in [0.717, 1.165) is 23.0 Å². The molecule has 1 atom stereocenters. The van der Waals surface area contributed by atoms with Crippen molar-refractivity contribution in [1.29, 1.82) is 0 Å². The molecule has 5 heterocycles. The van der Waals surface area contributed by atoms with Crippen LogP contribution in [0.3, 0.4) is 0 Å². The number of nitrogens with two attached hydrogens (primary N) is 1. The minimum Gasteiger partial charge on any atom is -0.383 e. The third-order valence-corrected chi connectivity index (χ3v) is 8.45. The number of rotatable bonds is 5. The number of hydrogen-bond acceptors (Lipinski definition) is 8. The summed E-state index contributed by atoms with van der Waals surface area (Å²) >= 11 is 0. The molecular formula is C25H27N7O3S. The van der Waals surface area contributed by atoms with Crippen molar-refractivity contribution >= 4 is 38.6 Å². The van der Waals surface area contributed by atoms with Gasteiger partial charge in [0.15, 0.2) is 0 Å². The van der Waals surface area contributed by atoms with E-state index in [1.807, 2.05) is 18.3 Å². The number of aromatic nitrogens is 4. The molecule has 1 saturated heterocycles. The highest BCUT2D eigenvalue weighted by Crippen LogP contribution is 2.39. The number of pyridine rings is 3. The standard InChI is InChI=1S/C25H27N7O3S/c1-15-9-12-32(25(15,2)3)23-18(24(33)31-36(34,35)20-5-4-10-27-21(20)26)6-7-19(30-23)17-13-16-8-11-28-22(16)29-14-17/h4-8,10-11,13-15H,9,12H2,1-3H3,(H2,26,27)(H,28,29)(H,31,33). The first-order chi connectivity index (χ1) is 17.1. The van der Waals surface area contributed by atoms with Crippen molar-refractivity contribution in [1.82, 2.24) is 24.7 Å². The van der Waals surface area contributed by atoms with E-state index < -0.39 is 15.9 Å². The van der Waals surface area contributed by atoms with Gasteiger partial charge >= 0.3 is 0 Å². The average Bonchev–Trinajstić information content (AvgIpc) is 3.41. The van der Waals surface area contributed by atoms with Crippen molar-refractivity contribution in [2.45, 2.75) is 37.6 Å². The maximum atomic E-state index is 13.4. The van der Waals surface area contributed by atoms with Gasteiger partial charge in [0.1, 0.15) is 22.2 Å². The van der Waals surface area contributed by atoms with E-state index in [2.05, 4.69) is 45.3 Å². The largest absolute Gasteiger partial charge is 0.383 e. The molecule has 186 valence electrons. The Hall–Kier alpha value is -3.99. The van der Waals surface area contributed by atoms with Crippen molar-refractivity contribution in [3.05, 3.63) is 60.6 Å². The monoisotopic (exact) mass is 505 g/mol. The van der Waals surface area contributed by atoms with E-state index in [0.29, 0.717) is 24.0 Å². The number of H-pyrrole nitrogens is 1. The first kappa shape index (κ1) is 23.7. The maximum Gasteiger partial charge on any atom is 0.268 e. The van der Waals surface area contributed by atoms with Crippen LogP contribution < -0.4 is 15.4 Å². The molecule has 0 bridgehead atoms. The van der Waals surface area contributed by atoms with Gasteiger partial charge in [0.05, 0.1) is 11.3 Å². The molecular weight excluding hydrogens is 478 g/mol. The highest BCUT2D eigenvalue weighted by Gasteiger charge is 2.41. The lowest BCUT2D eigenvalue weighted by atomic mass is 9.90. The molecule has 0 radical (unpaired) electrons. The predicted molar refractivity (Wildman–Crippen MR) is 138 cm³/mol. The van der Waals surface area contributed by atoms with Crippen LogP contribution in [0.25, 0.3) is 22.3 Å². The second kappa shape index (κ2) is 8.59. The van der Waals surface area contributed by atoms with Crippen molar-refractivity contribution in [2.24, 2.45) is 5.92 Å². The molecule has 11 heteroatoms. The number of hydrogen-bond donors (Lipinski definition) is 3. The number of carbonyl (C=O) groups is 1. The zero-order valence-electron chi connectivity index (χ0n) is 20.2. The van der Waals surface area contributed by atoms with Gasteiger partial charge in [0.25, 0.3) is 15.9 Å². The zero-order valence-corrected chi connectivity index (χ0v) is 21.0. The Morgan fingerprint density at radius 1 is 1.22 bits per heavy atom. The summed E-state index contributed by atoms with van der Waals surface area (Å²) < 4.78 is 28.0. The van der Waals surface area contributed by atoms with E-state index in [-0.39, 0.29) is 21.8 Å². The molecule has 1 unspecified atom stereocenters. The molecule has 1 aliphatic heterocycles. The second-order valence-electron chi connectivity index (χ2n) is 9.52. The quantitative estimate of drug-likeness (QED) is 0.374. The molecule has 4 aromatic heterocycles. The Morgan fingerprint density at radius 2 is 2.03 bits per heavy atom. The van der Waals surface area contributed by atoms with Gasteiger partial charge in [-0.3, -0.25) is 4.79 Å². The molecule has 5 rings (SSSR count). The van der Waals surface area contributed by atoms with Crippen molar-refractivity contribution in [3.8, 4) is 11.3 Å². The highest BCUT2D eigenvalue weighted by molar-refractivity contribution is 7.90. The fraction of sp³-hybridized carbons (Fsp3) is 0.280. The van der Waals surface area contributed by atoms with Gasteiger partial charge in [-0.2, -0.15) is 0 Å². The van der Waals surface area contributed by atoms with Gasteiger partial charge in [-0.15, -0.1) is 0 Å². The molecule has 1 amide bonds. The summed E-state index contributed by atoms with van der Waals surface area (Å²) in [5.41, 5.74) is 7.79. The smallest absolute Gasteiger partial charge is 0.268 e. The number of nitrogens with one attached hydrogen (secondary N) is 2. The van der Waals surface area contributed by atoms with Gasteiger partial charge in [0.2, 0.25) is 0 Å². The summed E-state index contributed by atoms with van der Waals surface area (Å²) in [4.78, 5) is 31.4. The molecule has 0 spiro atoms. The van der Waals surface area contributed by atoms with Crippen molar-refractivity contribution < 1.29 is 13.2 Å². The Balaban J connectivity index is 1.58. The fourth-order valence-electron chi connectivity index (χ4n) is 4.54. The summed E-state index contributed by atoms with van der Waals surface area (Å²) in [6.45, 7) is 7.04. The highest BCUT2D eigenvalue weighted by atomic mass is 32.2. The van der Waals surface area contributed by atoms with Crippen LogP contribution in [0.4, 0.5) is 11.6 Å². The Labute approximate surface area is 209 Å². The third-order valence-electron chi connectivity index (χ3n) is 7.07. The summed E-state index contributed by atoms with van der Waals surface area (Å²) in [6, 6.07) is 9.95. The Morgan fingerprint density at radius 3 is 2.75 bits per heavy atom. The van der Waals surface area contributed by atoms with Crippen LogP contribution in [0.15, 0.2) is 59.9 Å². The van der Waals surface area contributed by atoms with Crippen LogP contribution in [0.2, 0.25) is 0 Å². The molecule has 0 aromatic carbocycles. The van der Waals surface area contributed by atoms with Crippen LogP contribution in [0, 0.1) is 5.92 Å². The van der Waals surface area contributed by atoms with Crippen LogP contribution in [-0.2, 0) is 10.0 Å². The first-order valence-electron chi connectivity index (χ1n) is 11.6. The van der Waals surface area contributed by atoms with Crippen LogP contribution in [0.5, 0.6) is 0 Å². The van der Waals surface area contributed by atoms with Crippen molar-refractivity contribution in [2.75, 3.05) is 17.2 Å². The van der Waals surface area contributed by atoms with Gasteiger partial charge in [0, 0.05) is 41.6 Å². The van der Waals surface area contributed by atoms with Crippen LogP contribution >= 0.6 is 0 Å². The van der Waals surface area contributed by atoms with E-state index in [1.54, 1.807) is 18.3 Å². The van der Waals surface area contributed by atoms with Gasteiger partial charge in [-0.05, 0) is 62.6 Å². The number of amides is 1. The number of sulfonamides is 1. The SMILES string of the molecule is CC1CCN(c2nc(-c3cnc4[nH]ccc4c3)ccc2C(=O)NS(=O)(=O)c2cccnc2N)C1(C)C. The first-order valence-corrected chi connectivity index (χ1v) is 13.1. The number of nitrogens with zero attached hydrogens (tertiary/aromatic N) is 4. The molecule has 4 N–H and O–H groups in total. The minimum absolute atomic E-state index is 0.155. The number of nitrogen functional groups attached to an aromatic ring is 1. The third kappa shape index (κ3) is 4.05. The zero-order chi connectivity index (χ0) is 25.7. The topological polar surface area (TPSA) is 147 Å². The summed E-state index contributed by atoms with van der Waals surface area (Å²) in [5, 5.41) is 0.938. The lowest BCUT2D eigenvalue weighted by Gasteiger charge is -2.36. The molecule has 0 aliphatic carbocycles. The van der Waals surface area contributed by atoms with Crippen LogP contribution in [0.1, 0.15) is 37.6 Å². The average molecular weight is 506 g/mol. The molecule has 36 heavy (non-hydrogen) atoms. The number of aromatic amines is 1. The lowest BCUT2D eigenvalue weighted by Crippen LogP contribution is -2.43. The van der Waals surface area contributed by atoms with E-state index in [1.165, 1.54) is 18.3 Å². The summed E-state index contributed by atoms with van der Waals surface area (Å²) in [7, 11) is -4.25. The van der Waals surface area contributed by atoms with Gasteiger partial charge < -0.3 is 15.6 Å². The van der Waals surface area contributed by atoms with E-state index >= 15 is 0 Å². The molecule has 4 aromatic rings. The van der Waals surface area contributed by atoms with Gasteiger partial charge in [-0.25, -0.2) is 28.1 Å². The number of fused-ring (bicyclic) bond motifs is 1.